The highest BCUT2D eigenvalue weighted by molar-refractivity contribution is 5.69. The summed E-state index contributed by atoms with van der Waals surface area (Å²) >= 11 is 0. The number of rotatable bonds is 14. The highest BCUT2D eigenvalue weighted by atomic mass is 16.5. The highest BCUT2D eigenvalue weighted by Crippen LogP contribution is 2.14. The molecule has 0 radical (unpaired) electrons. The van der Waals surface area contributed by atoms with Crippen LogP contribution in [0.15, 0.2) is 0 Å². The van der Waals surface area contributed by atoms with Crippen LogP contribution in [0.4, 0.5) is 0 Å². The number of unbranched alkanes of at least 4 members (excludes halogenated alkanes) is 11. The van der Waals surface area contributed by atoms with Crippen LogP contribution in [0, 0.1) is 0 Å². The first-order valence-electron chi connectivity index (χ1n) is 15.1. The van der Waals surface area contributed by atoms with Gasteiger partial charge in [0.15, 0.2) is 0 Å². The number of cyclic esters (lactones) is 1. The van der Waals surface area contributed by atoms with Gasteiger partial charge in [-0.3, -0.25) is 9.59 Å². The number of carboxylic acid groups (broad SMARTS) is 1. The van der Waals surface area contributed by atoms with Crippen molar-refractivity contribution in [3.63, 3.8) is 0 Å². The summed E-state index contributed by atoms with van der Waals surface area (Å²) in [6.45, 7) is 0.973. The van der Waals surface area contributed by atoms with Crippen LogP contribution in [0.2, 0.25) is 0 Å². The van der Waals surface area contributed by atoms with E-state index in [4.69, 9.17) is 14.9 Å². The van der Waals surface area contributed by atoms with Crippen LogP contribution in [-0.2, 0) is 14.3 Å². The lowest BCUT2D eigenvalue weighted by molar-refractivity contribution is -0.144. The third kappa shape index (κ3) is 30.9. The fourth-order valence-corrected chi connectivity index (χ4v) is 4.55. The fraction of sp³-hybridized carbons (Fsp3) is 0.933. The Balaban J connectivity index is 0.000000661. The Bertz CT molecular complexity index is 434. The summed E-state index contributed by atoms with van der Waals surface area (Å²) in [5, 5.41) is 17.1. The summed E-state index contributed by atoms with van der Waals surface area (Å²) in [6.07, 6.45) is 30.6. The molecule has 1 aliphatic rings. The standard InChI is InChI=1S/C15H30O3.C15H28O2/c16-14-12-10-8-6-4-2-1-3-5-7-9-11-13-15(17)18;16-15-13-11-9-7-5-3-1-2-4-6-8-10-12-14-17-15/h16H,1-14H2,(H,17,18);1-14H2. The molecule has 0 saturated carbocycles. The van der Waals surface area contributed by atoms with Crippen molar-refractivity contribution in [3.05, 3.63) is 0 Å². The summed E-state index contributed by atoms with van der Waals surface area (Å²) in [5.74, 6) is -0.659. The number of carboxylic acids is 1. The smallest absolute Gasteiger partial charge is 0.305 e. The number of aliphatic hydroxyl groups is 1. The van der Waals surface area contributed by atoms with Gasteiger partial charge in [0.2, 0.25) is 0 Å². The minimum absolute atomic E-state index is 0.0112. The molecule has 0 aromatic heterocycles. The predicted molar refractivity (Wildman–Crippen MR) is 146 cm³/mol. The Morgan fingerprint density at radius 2 is 0.943 bits per heavy atom. The molecule has 0 aromatic rings. The Morgan fingerprint density at radius 3 is 1.37 bits per heavy atom. The average Bonchev–Trinajstić information content (AvgIpc) is 2.84. The molecule has 0 unspecified atom stereocenters. The van der Waals surface area contributed by atoms with Crippen LogP contribution in [-0.4, -0.2) is 35.4 Å². The molecular weight excluding hydrogens is 440 g/mol. The van der Waals surface area contributed by atoms with Gasteiger partial charge in [0.25, 0.3) is 0 Å². The quantitative estimate of drug-likeness (QED) is 0.185. The van der Waals surface area contributed by atoms with Gasteiger partial charge in [0, 0.05) is 19.4 Å². The maximum atomic E-state index is 11.4. The molecule has 0 amide bonds. The molecule has 2 N–H and O–H groups in total. The molecule has 1 aliphatic heterocycles. The topological polar surface area (TPSA) is 83.8 Å². The van der Waals surface area contributed by atoms with E-state index in [1.54, 1.807) is 0 Å². The normalized spacial score (nSPS) is 16.7. The lowest BCUT2D eigenvalue weighted by atomic mass is 10.0. The number of ether oxygens (including phenoxy) is 1. The molecule has 1 rings (SSSR count). The van der Waals surface area contributed by atoms with Crippen LogP contribution in [0.25, 0.3) is 0 Å². The summed E-state index contributed by atoms with van der Waals surface area (Å²) in [5.41, 5.74) is 0. The lowest BCUT2D eigenvalue weighted by Crippen LogP contribution is -2.05. The highest BCUT2D eigenvalue weighted by Gasteiger charge is 2.03. The number of aliphatic hydroxyl groups excluding tert-OH is 1. The summed E-state index contributed by atoms with van der Waals surface area (Å²) in [4.78, 5) is 21.6. The van der Waals surface area contributed by atoms with Gasteiger partial charge in [-0.05, 0) is 25.7 Å². The van der Waals surface area contributed by atoms with Crippen molar-refractivity contribution in [2.45, 2.75) is 167 Å². The number of aliphatic carboxylic acids is 1. The Hall–Kier alpha value is -1.10. The van der Waals surface area contributed by atoms with Gasteiger partial charge in [-0.25, -0.2) is 0 Å². The van der Waals surface area contributed by atoms with Crippen molar-refractivity contribution in [2.75, 3.05) is 13.2 Å². The number of hydrogen-bond donors (Lipinski definition) is 2. The third-order valence-electron chi connectivity index (χ3n) is 6.84. The zero-order valence-electron chi connectivity index (χ0n) is 22.9. The van der Waals surface area contributed by atoms with Crippen molar-refractivity contribution in [2.24, 2.45) is 0 Å². The Kier molecular flexibility index (Phi) is 28.2. The van der Waals surface area contributed by atoms with E-state index in [2.05, 4.69) is 0 Å². The Labute approximate surface area is 216 Å². The molecule has 1 fully saturated rings. The first-order valence-corrected chi connectivity index (χ1v) is 15.1. The monoisotopic (exact) mass is 498 g/mol. The van der Waals surface area contributed by atoms with Gasteiger partial charge in [-0.1, -0.05) is 128 Å². The minimum Gasteiger partial charge on any atom is -0.481 e. The van der Waals surface area contributed by atoms with Crippen LogP contribution in [0.3, 0.4) is 0 Å². The van der Waals surface area contributed by atoms with Crippen molar-refractivity contribution in [1.82, 2.24) is 0 Å². The number of carbonyl (C=O) groups excluding carboxylic acids is 1. The number of carbonyl (C=O) groups is 2. The predicted octanol–water partition coefficient (Wildman–Crippen LogP) is 8.75. The van der Waals surface area contributed by atoms with Crippen molar-refractivity contribution >= 4 is 11.9 Å². The minimum atomic E-state index is -0.670. The van der Waals surface area contributed by atoms with E-state index in [1.165, 1.54) is 122 Å². The number of hydrogen-bond acceptors (Lipinski definition) is 4. The second-order valence-electron chi connectivity index (χ2n) is 10.3. The van der Waals surface area contributed by atoms with Crippen LogP contribution in [0.5, 0.6) is 0 Å². The zero-order chi connectivity index (χ0) is 25.7. The molecule has 5 nitrogen and oxygen atoms in total. The van der Waals surface area contributed by atoms with E-state index in [9.17, 15) is 9.59 Å². The van der Waals surface area contributed by atoms with E-state index in [-0.39, 0.29) is 5.97 Å². The van der Waals surface area contributed by atoms with Crippen molar-refractivity contribution < 1.29 is 24.5 Å². The van der Waals surface area contributed by atoms with E-state index in [0.717, 1.165) is 32.1 Å². The van der Waals surface area contributed by atoms with Crippen molar-refractivity contribution in [3.8, 4) is 0 Å². The summed E-state index contributed by atoms with van der Waals surface area (Å²) in [6, 6.07) is 0. The maximum Gasteiger partial charge on any atom is 0.305 e. The molecule has 208 valence electrons. The molecule has 1 saturated heterocycles. The molecular formula is C30H58O5. The largest absolute Gasteiger partial charge is 0.481 e. The first-order chi connectivity index (χ1) is 17.2. The molecule has 0 atom stereocenters. The molecule has 0 aromatic carbocycles. The van der Waals surface area contributed by atoms with Gasteiger partial charge in [-0.2, -0.15) is 0 Å². The van der Waals surface area contributed by atoms with Crippen LogP contribution >= 0.6 is 0 Å². The zero-order valence-corrected chi connectivity index (χ0v) is 22.9. The molecule has 0 aliphatic carbocycles. The van der Waals surface area contributed by atoms with E-state index in [0.29, 0.717) is 26.1 Å². The molecule has 0 spiro atoms. The van der Waals surface area contributed by atoms with Gasteiger partial charge >= 0.3 is 11.9 Å². The molecule has 0 bridgehead atoms. The molecule has 1 heterocycles. The van der Waals surface area contributed by atoms with Gasteiger partial charge in [-0.15, -0.1) is 0 Å². The maximum absolute atomic E-state index is 11.4. The molecule has 5 heteroatoms. The van der Waals surface area contributed by atoms with Crippen LogP contribution < -0.4 is 0 Å². The second-order valence-corrected chi connectivity index (χ2v) is 10.3. The fourth-order valence-electron chi connectivity index (χ4n) is 4.55. The van der Waals surface area contributed by atoms with Gasteiger partial charge < -0.3 is 14.9 Å². The van der Waals surface area contributed by atoms with Gasteiger partial charge in [0.1, 0.15) is 0 Å². The SMILES string of the molecule is O=C(O)CCCCCCCCCCCCCCO.O=C1CCCCCCCCCCCCCCO1. The summed E-state index contributed by atoms with van der Waals surface area (Å²) in [7, 11) is 0. The van der Waals surface area contributed by atoms with Crippen LogP contribution in [0.1, 0.15) is 167 Å². The van der Waals surface area contributed by atoms with E-state index < -0.39 is 5.97 Å². The van der Waals surface area contributed by atoms with Gasteiger partial charge in [0.05, 0.1) is 6.61 Å². The number of esters is 1. The Morgan fingerprint density at radius 1 is 0.571 bits per heavy atom. The third-order valence-corrected chi connectivity index (χ3v) is 6.84. The van der Waals surface area contributed by atoms with Crippen molar-refractivity contribution in [1.29, 1.82) is 0 Å². The lowest BCUT2D eigenvalue weighted by Gasteiger charge is -2.06. The average molecular weight is 499 g/mol. The van der Waals surface area contributed by atoms with E-state index in [1.807, 2.05) is 0 Å². The first kappa shape index (κ1) is 33.9. The van der Waals surface area contributed by atoms with E-state index >= 15 is 0 Å². The molecule has 35 heavy (non-hydrogen) atoms. The second kappa shape index (κ2) is 29.1. The summed E-state index contributed by atoms with van der Waals surface area (Å²) < 4.78 is 5.20.